The van der Waals surface area contributed by atoms with Gasteiger partial charge in [0.1, 0.15) is 5.82 Å². The smallest absolute Gasteiger partial charge is 0.131 e. The molecule has 0 spiro atoms. The molecular weight excluding hydrogens is 288 g/mol. The molecule has 2 aliphatic rings. The van der Waals surface area contributed by atoms with Gasteiger partial charge in [0.25, 0.3) is 0 Å². The molecule has 1 aromatic heterocycles. The van der Waals surface area contributed by atoms with Gasteiger partial charge in [0.05, 0.1) is 11.3 Å². The van der Waals surface area contributed by atoms with Crippen LogP contribution >= 0.6 is 0 Å². The summed E-state index contributed by atoms with van der Waals surface area (Å²) in [6.45, 7) is 9.96. The quantitative estimate of drug-likeness (QED) is 0.900. The van der Waals surface area contributed by atoms with E-state index in [0.29, 0.717) is 5.92 Å². The van der Waals surface area contributed by atoms with Crippen molar-refractivity contribution >= 4 is 0 Å². The van der Waals surface area contributed by atoms with Crippen molar-refractivity contribution in [3.63, 3.8) is 0 Å². The molecule has 2 saturated heterocycles. The molecule has 5 nitrogen and oxygen atoms in total. The van der Waals surface area contributed by atoms with Crippen LogP contribution in [-0.4, -0.2) is 63.2 Å². The summed E-state index contributed by atoms with van der Waals surface area (Å²) in [5.41, 5.74) is 0.505. The van der Waals surface area contributed by atoms with E-state index < -0.39 is 5.60 Å². The molecule has 0 radical (unpaired) electrons. The predicted octanol–water partition coefficient (Wildman–Crippen LogP) is 2.02. The van der Waals surface area contributed by atoms with Gasteiger partial charge >= 0.3 is 0 Å². The predicted molar refractivity (Wildman–Crippen MR) is 91.3 cm³/mol. The zero-order chi connectivity index (χ0) is 16.3. The highest BCUT2D eigenvalue weighted by Gasteiger charge is 2.35. The van der Waals surface area contributed by atoms with Crippen molar-refractivity contribution < 1.29 is 5.11 Å². The van der Waals surface area contributed by atoms with Crippen molar-refractivity contribution in [3.8, 4) is 0 Å². The standard InChI is InChI=1S/C18H30N4O/c1-15(2)17-19-8-6-16(20-17)12-22-11-5-7-18(23,14-22)13-21-9-3-4-10-21/h6,8,15,23H,3-5,7,9-14H2,1-2H3/t18-/m1/s1. The number of aromatic nitrogens is 2. The summed E-state index contributed by atoms with van der Waals surface area (Å²) in [6.07, 6.45) is 6.39. The van der Waals surface area contributed by atoms with Gasteiger partial charge in [0.2, 0.25) is 0 Å². The lowest BCUT2D eigenvalue weighted by molar-refractivity contribution is -0.0521. The monoisotopic (exact) mass is 318 g/mol. The fourth-order valence-corrected chi connectivity index (χ4v) is 3.84. The topological polar surface area (TPSA) is 52.5 Å². The fourth-order valence-electron chi connectivity index (χ4n) is 3.84. The van der Waals surface area contributed by atoms with Crippen molar-refractivity contribution in [3.05, 3.63) is 23.8 Å². The Morgan fingerprint density at radius 1 is 1.17 bits per heavy atom. The number of nitrogens with zero attached hydrogens (tertiary/aromatic N) is 4. The fraction of sp³-hybridized carbons (Fsp3) is 0.778. The van der Waals surface area contributed by atoms with Crippen molar-refractivity contribution in [2.24, 2.45) is 0 Å². The Bertz CT molecular complexity index is 515. The molecule has 3 rings (SSSR count). The van der Waals surface area contributed by atoms with E-state index >= 15 is 0 Å². The maximum atomic E-state index is 11.0. The molecule has 0 aromatic carbocycles. The van der Waals surface area contributed by atoms with E-state index in [1.807, 2.05) is 12.3 Å². The molecule has 2 aliphatic heterocycles. The first-order valence-corrected chi connectivity index (χ1v) is 9.03. The normalized spacial score (nSPS) is 27.0. The second kappa shape index (κ2) is 7.24. The van der Waals surface area contributed by atoms with Crippen LogP contribution in [-0.2, 0) is 6.54 Å². The zero-order valence-electron chi connectivity index (χ0n) is 14.5. The van der Waals surface area contributed by atoms with E-state index in [1.165, 1.54) is 12.8 Å². The summed E-state index contributed by atoms with van der Waals surface area (Å²) in [6, 6.07) is 2.00. The molecule has 0 saturated carbocycles. The van der Waals surface area contributed by atoms with E-state index in [4.69, 9.17) is 0 Å². The lowest BCUT2D eigenvalue weighted by Crippen LogP contribution is -2.53. The molecule has 0 amide bonds. The minimum atomic E-state index is -0.559. The summed E-state index contributed by atoms with van der Waals surface area (Å²) < 4.78 is 0. The van der Waals surface area contributed by atoms with Crippen LogP contribution in [0.25, 0.3) is 0 Å². The number of hydrogen-bond donors (Lipinski definition) is 1. The third kappa shape index (κ3) is 4.49. The maximum absolute atomic E-state index is 11.0. The Kier molecular flexibility index (Phi) is 5.29. The van der Waals surface area contributed by atoms with Gasteiger partial charge in [-0.2, -0.15) is 0 Å². The Morgan fingerprint density at radius 3 is 2.65 bits per heavy atom. The second-order valence-corrected chi connectivity index (χ2v) is 7.58. The van der Waals surface area contributed by atoms with Gasteiger partial charge in [-0.1, -0.05) is 13.8 Å². The Hall–Kier alpha value is -1.04. The number of hydrogen-bond acceptors (Lipinski definition) is 5. The molecule has 2 fully saturated rings. The largest absolute Gasteiger partial charge is 0.387 e. The first-order chi connectivity index (χ1) is 11.0. The summed E-state index contributed by atoms with van der Waals surface area (Å²) in [5, 5.41) is 11.0. The van der Waals surface area contributed by atoms with Crippen LogP contribution in [0.5, 0.6) is 0 Å². The van der Waals surface area contributed by atoms with Crippen LogP contribution in [0, 0.1) is 0 Å². The molecule has 1 atom stereocenters. The average molecular weight is 318 g/mol. The molecule has 3 heterocycles. The molecule has 1 aromatic rings. The third-order valence-electron chi connectivity index (χ3n) is 4.98. The van der Waals surface area contributed by atoms with Crippen molar-refractivity contribution in [2.45, 2.75) is 57.6 Å². The number of rotatable bonds is 5. The van der Waals surface area contributed by atoms with Crippen LogP contribution in [0.4, 0.5) is 0 Å². The number of likely N-dealkylation sites (tertiary alicyclic amines) is 2. The number of β-amino-alcohol motifs (C(OH)–C–C–N with tert-alkyl or cyclic N) is 1. The van der Waals surface area contributed by atoms with Gasteiger partial charge in [-0.3, -0.25) is 4.90 Å². The zero-order valence-corrected chi connectivity index (χ0v) is 14.5. The molecule has 128 valence electrons. The molecular formula is C18H30N4O. The lowest BCUT2D eigenvalue weighted by Gasteiger charge is -2.41. The van der Waals surface area contributed by atoms with Gasteiger partial charge < -0.3 is 10.0 Å². The van der Waals surface area contributed by atoms with Crippen LogP contribution in [0.1, 0.15) is 57.0 Å². The summed E-state index contributed by atoms with van der Waals surface area (Å²) in [4.78, 5) is 13.8. The van der Waals surface area contributed by atoms with E-state index in [-0.39, 0.29) is 0 Å². The van der Waals surface area contributed by atoms with Crippen LogP contribution in [0.3, 0.4) is 0 Å². The molecule has 0 aliphatic carbocycles. The van der Waals surface area contributed by atoms with Crippen LogP contribution in [0.15, 0.2) is 12.3 Å². The third-order valence-corrected chi connectivity index (χ3v) is 4.98. The van der Waals surface area contributed by atoms with Gasteiger partial charge in [-0.15, -0.1) is 0 Å². The minimum absolute atomic E-state index is 0.350. The highest BCUT2D eigenvalue weighted by Crippen LogP contribution is 2.25. The highest BCUT2D eigenvalue weighted by atomic mass is 16.3. The molecule has 0 unspecified atom stereocenters. The first-order valence-electron chi connectivity index (χ1n) is 9.03. The van der Waals surface area contributed by atoms with E-state index in [9.17, 15) is 5.11 Å². The van der Waals surface area contributed by atoms with Crippen LogP contribution < -0.4 is 0 Å². The van der Waals surface area contributed by atoms with Gasteiger partial charge in [0, 0.05) is 31.7 Å². The van der Waals surface area contributed by atoms with Crippen LogP contribution in [0.2, 0.25) is 0 Å². The average Bonchev–Trinajstić information content (AvgIpc) is 2.99. The number of piperidine rings is 1. The molecule has 0 bridgehead atoms. The molecule has 5 heteroatoms. The maximum Gasteiger partial charge on any atom is 0.131 e. The molecule has 23 heavy (non-hydrogen) atoms. The highest BCUT2D eigenvalue weighted by molar-refractivity contribution is 5.05. The van der Waals surface area contributed by atoms with E-state index in [0.717, 1.165) is 63.6 Å². The summed E-state index contributed by atoms with van der Waals surface area (Å²) in [7, 11) is 0. The van der Waals surface area contributed by atoms with Crippen molar-refractivity contribution in [1.29, 1.82) is 0 Å². The second-order valence-electron chi connectivity index (χ2n) is 7.58. The van der Waals surface area contributed by atoms with Crippen molar-refractivity contribution in [1.82, 2.24) is 19.8 Å². The summed E-state index contributed by atoms with van der Waals surface area (Å²) >= 11 is 0. The Balaban J connectivity index is 1.60. The van der Waals surface area contributed by atoms with Gasteiger partial charge in [-0.25, -0.2) is 9.97 Å². The Labute approximate surface area is 139 Å². The molecule has 1 N–H and O–H groups in total. The van der Waals surface area contributed by atoms with Crippen molar-refractivity contribution in [2.75, 3.05) is 32.7 Å². The first kappa shape index (κ1) is 16.8. The van der Waals surface area contributed by atoms with Gasteiger partial charge in [0.15, 0.2) is 0 Å². The van der Waals surface area contributed by atoms with E-state index in [1.54, 1.807) is 0 Å². The minimum Gasteiger partial charge on any atom is -0.387 e. The SMILES string of the molecule is CC(C)c1nccc(CN2CCC[C@@](O)(CN3CCCC3)C2)n1. The van der Waals surface area contributed by atoms with Gasteiger partial charge in [-0.05, 0) is 51.4 Å². The van der Waals surface area contributed by atoms with E-state index in [2.05, 4.69) is 33.6 Å². The Morgan fingerprint density at radius 2 is 1.91 bits per heavy atom. The lowest BCUT2D eigenvalue weighted by atomic mass is 9.92. The summed E-state index contributed by atoms with van der Waals surface area (Å²) in [5.74, 6) is 1.26. The number of aliphatic hydroxyl groups is 1.